The van der Waals surface area contributed by atoms with Gasteiger partial charge in [-0.2, -0.15) is 0 Å². The third kappa shape index (κ3) is 7.20. The van der Waals surface area contributed by atoms with E-state index in [4.69, 9.17) is 10.5 Å². The summed E-state index contributed by atoms with van der Waals surface area (Å²) in [5.74, 6) is 0.429. The first kappa shape index (κ1) is 16.8. The van der Waals surface area contributed by atoms with Crippen LogP contribution in [0.3, 0.4) is 0 Å². The lowest BCUT2D eigenvalue weighted by atomic mass is 10.1. The fourth-order valence-electron chi connectivity index (χ4n) is 1.59. The second-order valence-corrected chi connectivity index (χ2v) is 5.61. The molecule has 21 heavy (non-hydrogen) atoms. The second-order valence-electron chi connectivity index (χ2n) is 5.61. The molecule has 0 unspecified atom stereocenters. The van der Waals surface area contributed by atoms with Gasteiger partial charge in [-0.05, 0) is 44.9 Å². The molecule has 1 aromatic rings. The van der Waals surface area contributed by atoms with Crippen LogP contribution in [0.2, 0.25) is 0 Å². The molecule has 1 aromatic carbocycles. The van der Waals surface area contributed by atoms with Crippen LogP contribution in [0, 0.1) is 0 Å². The first-order chi connectivity index (χ1) is 9.80. The number of aliphatic imine (C=N–C) groups is 1. The average Bonchev–Trinajstić information content (AvgIpc) is 2.38. The Kier molecular flexibility index (Phi) is 6.02. The van der Waals surface area contributed by atoms with E-state index >= 15 is 0 Å². The van der Waals surface area contributed by atoms with Gasteiger partial charge in [0.15, 0.2) is 5.96 Å². The number of nitrogens with two attached hydrogens (primary N) is 1. The van der Waals surface area contributed by atoms with Crippen molar-refractivity contribution in [1.29, 1.82) is 0 Å². The number of anilines is 1. The Morgan fingerprint density at radius 1 is 1.29 bits per heavy atom. The number of carbonyl (C=O) groups is 1. The molecule has 0 aliphatic heterocycles. The normalized spacial score (nSPS) is 11.9. The van der Waals surface area contributed by atoms with E-state index in [9.17, 15) is 4.79 Å². The van der Waals surface area contributed by atoms with Crippen LogP contribution in [0.4, 0.5) is 10.5 Å². The van der Waals surface area contributed by atoms with Gasteiger partial charge in [0.2, 0.25) is 0 Å². The van der Waals surface area contributed by atoms with E-state index in [2.05, 4.69) is 15.6 Å². The largest absolute Gasteiger partial charge is 0.444 e. The van der Waals surface area contributed by atoms with Gasteiger partial charge in [0, 0.05) is 19.3 Å². The standard InChI is InChI=1S/C15H24N4O2/c1-15(2,3)21-14(20)19-12-7-5-11(6-8-12)9-10-18-13(16)17-4/h5-8H,9-10H2,1-4H3,(H,19,20)(H3,16,17,18). The topological polar surface area (TPSA) is 88.7 Å². The van der Waals surface area contributed by atoms with Crippen molar-refractivity contribution >= 4 is 17.7 Å². The number of ether oxygens (including phenoxy) is 1. The van der Waals surface area contributed by atoms with E-state index in [1.807, 2.05) is 45.0 Å². The molecule has 116 valence electrons. The number of benzene rings is 1. The van der Waals surface area contributed by atoms with Crippen LogP contribution in [0.5, 0.6) is 0 Å². The van der Waals surface area contributed by atoms with E-state index in [0.29, 0.717) is 18.2 Å². The maximum Gasteiger partial charge on any atom is 0.412 e. The maximum absolute atomic E-state index is 11.6. The SMILES string of the molecule is CN=C(N)NCCc1ccc(NC(=O)OC(C)(C)C)cc1. The summed E-state index contributed by atoms with van der Waals surface area (Å²) in [7, 11) is 1.64. The van der Waals surface area contributed by atoms with Crippen molar-refractivity contribution in [2.75, 3.05) is 18.9 Å². The number of nitrogens with one attached hydrogen (secondary N) is 2. The third-order valence-corrected chi connectivity index (χ3v) is 2.56. The van der Waals surface area contributed by atoms with Crippen LogP contribution in [-0.2, 0) is 11.2 Å². The molecule has 1 amide bonds. The van der Waals surface area contributed by atoms with E-state index in [1.54, 1.807) is 7.05 Å². The minimum Gasteiger partial charge on any atom is -0.444 e. The molecule has 0 bridgehead atoms. The summed E-state index contributed by atoms with van der Waals surface area (Å²) in [6, 6.07) is 7.59. The Morgan fingerprint density at radius 2 is 1.90 bits per heavy atom. The van der Waals surface area contributed by atoms with Crippen molar-refractivity contribution in [2.24, 2.45) is 10.7 Å². The first-order valence-corrected chi connectivity index (χ1v) is 6.85. The Hall–Kier alpha value is -2.24. The summed E-state index contributed by atoms with van der Waals surface area (Å²) in [6.45, 7) is 6.19. The Balaban J connectivity index is 2.45. The van der Waals surface area contributed by atoms with Crippen LogP contribution < -0.4 is 16.4 Å². The zero-order chi connectivity index (χ0) is 15.9. The second kappa shape index (κ2) is 7.52. The van der Waals surface area contributed by atoms with E-state index in [1.165, 1.54) is 0 Å². The van der Waals surface area contributed by atoms with Crippen LogP contribution in [0.25, 0.3) is 0 Å². The molecule has 0 atom stereocenters. The molecule has 6 heteroatoms. The number of nitrogens with zero attached hydrogens (tertiary/aromatic N) is 1. The molecule has 0 aliphatic rings. The van der Waals surface area contributed by atoms with Gasteiger partial charge in [0.25, 0.3) is 0 Å². The zero-order valence-corrected chi connectivity index (χ0v) is 13.1. The third-order valence-electron chi connectivity index (χ3n) is 2.56. The number of guanidine groups is 1. The van der Waals surface area contributed by atoms with Gasteiger partial charge in [-0.1, -0.05) is 12.1 Å². The Labute approximate surface area is 125 Å². The van der Waals surface area contributed by atoms with Crippen LogP contribution in [-0.4, -0.2) is 31.2 Å². The van der Waals surface area contributed by atoms with Crippen molar-refractivity contribution in [2.45, 2.75) is 32.8 Å². The van der Waals surface area contributed by atoms with E-state index in [0.717, 1.165) is 12.0 Å². The van der Waals surface area contributed by atoms with Gasteiger partial charge < -0.3 is 15.8 Å². The molecule has 0 saturated carbocycles. The molecular formula is C15H24N4O2. The fraction of sp³-hybridized carbons (Fsp3) is 0.467. The summed E-state index contributed by atoms with van der Waals surface area (Å²) >= 11 is 0. The van der Waals surface area contributed by atoms with Crippen LogP contribution in [0.1, 0.15) is 26.3 Å². The van der Waals surface area contributed by atoms with Gasteiger partial charge in [-0.3, -0.25) is 10.3 Å². The summed E-state index contributed by atoms with van der Waals surface area (Å²) in [5, 5.41) is 5.68. The Morgan fingerprint density at radius 3 is 2.43 bits per heavy atom. The van der Waals surface area contributed by atoms with Crippen molar-refractivity contribution < 1.29 is 9.53 Å². The molecule has 4 N–H and O–H groups in total. The predicted octanol–water partition coefficient (Wildman–Crippen LogP) is 2.11. The maximum atomic E-state index is 11.6. The highest BCUT2D eigenvalue weighted by molar-refractivity contribution is 5.84. The van der Waals surface area contributed by atoms with Crippen molar-refractivity contribution in [3.05, 3.63) is 29.8 Å². The Bertz CT molecular complexity index is 489. The molecule has 1 rings (SSSR count). The lowest BCUT2D eigenvalue weighted by Gasteiger charge is -2.19. The van der Waals surface area contributed by atoms with E-state index in [-0.39, 0.29) is 0 Å². The lowest BCUT2D eigenvalue weighted by Crippen LogP contribution is -2.32. The molecule has 0 radical (unpaired) electrons. The summed E-state index contributed by atoms with van der Waals surface area (Å²) in [6.07, 6.45) is 0.368. The number of carbonyl (C=O) groups excluding carboxylic acids is 1. The number of rotatable bonds is 4. The molecule has 0 fully saturated rings. The molecule has 0 aromatic heterocycles. The number of hydrogen-bond donors (Lipinski definition) is 3. The fourth-order valence-corrected chi connectivity index (χ4v) is 1.59. The monoisotopic (exact) mass is 292 g/mol. The summed E-state index contributed by atoms with van der Waals surface area (Å²) in [5.41, 5.74) is 6.88. The molecule has 0 spiro atoms. The number of hydrogen-bond acceptors (Lipinski definition) is 3. The van der Waals surface area contributed by atoms with Gasteiger partial charge >= 0.3 is 6.09 Å². The smallest absolute Gasteiger partial charge is 0.412 e. The molecule has 0 saturated heterocycles. The average molecular weight is 292 g/mol. The number of amides is 1. The molecule has 0 heterocycles. The highest BCUT2D eigenvalue weighted by atomic mass is 16.6. The van der Waals surface area contributed by atoms with E-state index < -0.39 is 11.7 Å². The molecular weight excluding hydrogens is 268 g/mol. The zero-order valence-electron chi connectivity index (χ0n) is 13.1. The first-order valence-electron chi connectivity index (χ1n) is 6.85. The van der Waals surface area contributed by atoms with Gasteiger partial charge in [0.1, 0.15) is 5.60 Å². The van der Waals surface area contributed by atoms with Crippen molar-refractivity contribution in [1.82, 2.24) is 5.32 Å². The van der Waals surface area contributed by atoms with Crippen LogP contribution in [0.15, 0.2) is 29.3 Å². The van der Waals surface area contributed by atoms with Crippen molar-refractivity contribution in [3.8, 4) is 0 Å². The van der Waals surface area contributed by atoms with Gasteiger partial charge in [0.05, 0.1) is 0 Å². The molecule has 0 aliphatic carbocycles. The van der Waals surface area contributed by atoms with Gasteiger partial charge in [-0.15, -0.1) is 0 Å². The minimum atomic E-state index is -0.504. The van der Waals surface area contributed by atoms with Crippen molar-refractivity contribution in [3.63, 3.8) is 0 Å². The highest BCUT2D eigenvalue weighted by Gasteiger charge is 2.15. The summed E-state index contributed by atoms with van der Waals surface area (Å²) < 4.78 is 5.19. The van der Waals surface area contributed by atoms with Gasteiger partial charge in [-0.25, -0.2) is 4.79 Å². The predicted molar refractivity (Wildman–Crippen MR) is 85.6 cm³/mol. The molecule has 6 nitrogen and oxygen atoms in total. The minimum absolute atomic E-state index is 0.429. The quantitative estimate of drug-likeness (QED) is 0.586. The lowest BCUT2D eigenvalue weighted by molar-refractivity contribution is 0.0636. The summed E-state index contributed by atoms with van der Waals surface area (Å²) in [4.78, 5) is 15.4. The van der Waals surface area contributed by atoms with Crippen LogP contribution >= 0.6 is 0 Å². The highest BCUT2D eigenvalue weighted by Crippen LogP contribution is 2.13.